The second-order valence-electron chi connectivity index (χ2n) is 4.04. The van der Waals surface area contributed by atoms with Crippen molar-refractivity contribution in [3.63, 3.8) is 0 Å². The Balaban J connectivity index is 2.56. The molecule has 0 aliphatic carbocycles. The molecular formula is C12H17FN2O3S. The second kappa shape index (κ2) is 7.32. The summed E-state index contributed by atoms with van der Waals surface area (Å²) in [6, 6.07) is 3.92. The summed E-state index contributed by atoms with van der Waals surface area (Å²) < 4.78 is 13.4. The summed E-state index contributed by atoms with van der Waals surface area (Å²) >= 11 is 1.17. The van der Waals surface area contributed by atoms with Crippen molar-refractivity contribution < 1.29 is 19.4 Å². The summed E-state index contributed by atoms with van der Waals surface area (Å²) in [6.07, 6.45) is -0.871. The zero-order valence-electron chi connectivity index (χ0n) is 10.5. The van der Waals surface area contributed by atoms with Crippen LogP contribution in [0.3, 0.4) is 0 Å². The number of hydrogen-bond donors (Lipinski definition) is 4. The van der Waals surface area contributed by atoms with E-state index < -0.39 is 17.2 Å². The predicted molar refractivity (Wildman–Crippen MR) is 74.5 cm³/mol. The van der Waals surface area contributed by atoms with E-state index >= 15 is 0 Å². The fourth-order valence-electron chi connectivity index (χ4n) is 1.26. The van der Waals surface area contributed by atoms with Crippen molar-refractivity contribution in [3.8, 4) is 0 Å². The Morgan fingerprint density at radius 2 is 2.26 bits per heavy atom. The van der Waals surface area contributed by atoms with Crippen LogP contribution in [0.25, 0.3) is 0 Å². The first-order valence-electron chi connectivity index (χ1n) is 5.70. The maximum atomic E-state index is 13.4. The quantitative estimate of drug-likeness (QED) is 0.581. The van der Waals surface area contributed by atoms with Crippen molar-refractivity contribution in [1.29, 1.82) is 0 Å². The molecule has 0 aliphatic rings. The molecule has 7 heteroatoms. The third-order valence-electron chi connectivity index (χ3n) is 2.37. The van der Waals surface area contributed by atoms with Crippen LogP contribution < -0.4 is 11.1 Å². The third kappa shape index (κ3) is 5.06. The van der Waals surface area contributed by atoms with Crippen molar-refractivity contribution >= 4 is 29.0 Å². The number of benzene rings is 1. The van der Waals surface area contributed by atoms with Crippen LogP contribution in [0.4, 0.5) is 15.8 Å². The minimum absolute atomic E-state index is 0.0279. The molecule has 2 atom stereocenters. The molecule has 0 heterocycles. The predicted octanol–water partition coefficient (Wildman–Crippen LogP) is 0.821. The number of carbonyl (C=O) groups is 1. The molecule has 1 rings (SSSR count). The van der Waals surface area contributed by atoms with Gasteiger partial charge >= 0.3 is 0 Å². The van der Waals surface area contributed by atoms with Gasteiger partial charge in [0.05, 0.1) is 23.6 Å². The number of nitrogens with one attached hydrogen (secondary N) is 1. The SMILES string of the molecule is CC(SCC(O)CO)C(=O)Nc1cc(N)ccc1F. The van der Waals surface area contributed by atoms with E-state index in [0.717, 1.165) is 0 Å². The fraction of sp³-hybridized carbons (Fsp3) is 0.417. The number of carbonyl (C=O) groups excluding carboxylic acids is 1. The van der Waals surface area contributed by atoms with Crippen LogP contribution in [0, 0.1) is 5.82 Å². The topological polar surface area (TPSA) is 95.6 Å². The Hall–Kier alpha value is -1.31. The Kier molecular flexibility index (Phi) is 6.07. The summed E-state index contributed by atoms with van der Waals surface area (Å²) in [7, 11) is 0. The van der Waals surface area contributed by atoms with Gasteiger partial charge in [-0.25, -0.2) is 4.39 Å². The molecule has 1 aromatic rings. The van der Waals surface area contributed by atoms with E-state index in [-0.39, 0.29) is 24.0 Å². The molecule has 0 fully saturated rings. The lowest BCUT2D eigenvalue weighted by atomic mass is 10.2. The van der Waals surface area contributed by atoms with Crippen LogP contribution in [0.5, 0.6) is 0 Å². The van der Waals surface area contributed by atoms with Crippen LogP contribution >= 0.6 is 11.8 Å². The van der Waals surface area contributed by atoms with Crippen molar-refractivity contribution in [2.45, 2.75) is 18.3 Å². The van der Waals surface area contributed by atoms with Crippen molar-refractivity contribution in [3.05, 3.63) is 24.0 Å². The number of aliphatic hydroxyl groups excluding tert-OH is 2. The molecule has 5 N–H and O–H groups in total. The molecule has 0 bridgehead atoms. The molecule has 19 heavy (non-hydrogen) atoms. The highest BCUT2D eigenvalue weighted by molar-refractivity contribution is 8.00. The monoisotopic (exact) mass is 288 g/mol. The Morgan fingerprint density at radius 3 is 2.89 bits per heavy atom. The second-order valence-corrected chi connectivity index (χ2v) is 5.41. The van der Waals surface area contributed by atoms with Crippen molar-refractivity contribution in [2.75, 3.05) is 23.4 Å². The molecule has 1 amide bonds. The van der Waals surface area contributed by atoms with E-state index in [2.05, 4.69) is 5.32 Å². The summed E-state index contributed by atoms with van der Waals surface area (Å²) in [5, 5.41) is 19.8. The van der Waals surface area contributed by atoms with Gasteiger partial charge in [0.1, 0.15) is 5.82 Å². The standard InChI is InChI=1S/C12H17FN2O3S/c1-7(19-6-9(17)5-16)12(18)15-11-4-8(14)2-3-10(11)13/h2-4,7,9,16-17H,5-6,14H2,1H3,(H,15,18). The lowest BCUT2D eigenvalue weighted by molar-refractivity contribution is -0.115. The van der Waals surface area contributed by atoms with Gasteiger partial charge in [-0.1, -0.05) is 0 Å². The Morgan fingerprint density at radius 1 is 1.58 bits per heavy atom. The van der Waals surface area contributed by atoms with E-state index in [1.54, 1.807) is 6.92 Å². The number of rotatable bonds is 6. The minimum atomic E-state index is -0.871. The number of anilines is 2. The molecule has 2 unspecified atom stereocenters. The molecule has 0 aromatic heterocycles. The zero-order valence-corrected chi connectivity index (χ0v) is 11.3. The van der Waals surface area contributed by atoms with E-state index in [0.29, 0.717) is 5.69 Å². The van der Waals surface area contributed by atoms with Gasteiger partial charge in [-0.2, -0.15) is 0 Å². The maximum Gasteiger partial charge on any atom is 0.237 e. The molecule has 0 saturated carbocycles. The van der Waals surface area contributed by atoms with Crippen LogP contribution in [0.1, 0.15) is 6.92 Å². The summed E-state index contributed by atoms with van der Waals surface area (Å²) in [4.78, 5) is 11.8. The van der Waals surface area contributed by atoms with Crippen LogP contribution in [-0.4, -0.2) is 39.8 Å². The number of nitrogen functional groups attached to an aromatic ring is 1. The van der Waals surface area contributed by atoms with Gasteiger partial charge in [0, 0.05) is 11.4 Å². The number of nitrogens with two attached hydrogens (primary N) is 1. The molecule has 0 radical (unpaired) electrons. The average molecular weight is 288 g/mol. The molecule has 1 aromatic carbocycles. The zero-order chi connectivity index (χ0) is 14.4. The number of hydrogen-bond acceptors (Lipinski definition) is 5. The number of halogens is 1. The molecule has 106 valence electrons. The highest BCUT2D eigenvalue weighted by Gasteiger charge is 2.16. The minimum Gasteiger partial charge on any atom is -0.399 e. The van der Waals surface area contributed by atoms with E-state index in [1.165, 1.54) is 30.0 Å². The van der Waals surface area contributed by atoms with Crippen LogP contribution in [0.15, 0.2) is 18.2 Å². The van der Waals surface area contributed by atoms with Crippen LogP contribution in [0.2, 0.25) is 0 Å². The molecule has 5 nitrogen and oxygen atoms in total. The lowest BCUT2D eigenvalue weighted by Gasteiger charge is -2.14. The third-order valence-corrected chi connectivity index (χ3v) is 3.66. The summed E-state index contributed by atoms with van der Waals surface area (Å²) in [6.45, 7) is 1.28. The van der Waals surface area contributed by atoms with Gasteiger partial charge in [-0.05, 0) is 25.1 Å². The first-order valence-corrected chi connectivity index (χ1v) is 6.75. The number of thioether (sulfide) groups is 1. The molecule has 0 aliphatic heterocycles. The number of amides is 1. The van der Waals surface area contributed by atoms with Gasteiger partial charge in [0.15, 0.2) is 0 Å². The van der Waals surface area contributed by atoms with Crippen LogP contribution in [-0.2, 0) is 4.79 Å². The van der Waals surface area contributed by atoms with E-state index in [4.69, 9.17) is 10.8 Å². The van der Waals surface area contributed by atoms with Crippen molar-refractivity contribution in [2.24, 2.45) is 0 Å². The van der Waals surface area contributed by atoms with Gasteiger partial charge in [-0.15, -0.1) is 11.8 Å². The maximum absolute atomic E-state index is 13.4. The fourth-order valence-corrected chi connectivity index (χ4v) is 2.08. The Labute approximate surface area is 115 Å². The molecular weight excluding hydrogens is 271 g/mol. The van der Waals surface area contributed by atoms with E-state index in [1.807, 2.05) is 0 Å². The summed E-state index contributed by atoms with van der Waals surface area (Å²) in [5.74, 6) is -0.723. The average Bonchev–Trinajstić information content (AvgIpc) is 2.39. The normalized spacial score (nSPS) is 13.9. The number of aliphatic hydroxyl groups is 2. The van der Waals surface area contributed by atoms with Gasteiger partial charge in [0.25, 0.3) is 0 Å². The Bertz CT molecular complexity index is 445. The largest absolute Gasteiger partial charge is 0.399 e. The lowest BCUT2D eigenvalue weighted by Crippen LogP contribution is -2.25. The first-order chi connectivity index (χ1) is 8.93. The first kappa shape index (κ1) is 15.7. The van der Waals surface area contributed by atoms with Gasteiger partial charge in [0.2, 0.25) is 5.91 Å². The highest BCUT2D eigenvalue weighted by Crippen LogP contribution is 2.20. The summed E-state index contributed by atoms with van der Waals surface area (Å²) in [5.41, 5.74) is 5.89. The molecule has 0 spiro atoms. The van der Waals surface area contributed by atoms with Gasteiger partial charge < -0.3 is 21.3 Å². The van der Waals surface area contributed by atoms with Crippen molar-refractivity contribution in [1.82, 2.24) is 0 Å². The van der Waals surface area contributed by atoms with Gasteiger partial charge in [-0.3, -0.25) is 4.79 Å². The van der Waals surface area contributed by atoms with E-state index in [9.17, 15) is 14.3 Å². The molecule has 0 saturated heterocycles. The highest BCUT2D eigenvalue weighted by atomic mass is 32.2. The smallest absolute Gasteiger partial charge is 0.237 e.